The van der Waals surface area contributed by atoms with E-state index in [9.17, 15) is 4.79 Å². The van der Waals surface area contributed by atoms with Crippen LogP contribution in [0.5, 0.6) is 0 Å². The Kier molecular flexibility index (Phi) is 3.32. The molecule has 0 saturated heterocycles. The van der Waals surface area contributed by atoms with E-state index >= 15 is 0 Å². The Morgan fingerprint density at radius 1 is 1.08 bits per heavy atom. The zero-order valence-electron chi connectivity index (χ0n) is 14.8. The summed E-state index contributed by atoms with van der Waals surface area (Å²) in [6, 6.07) is 9.62. The molecule has 1 aliphatic heterocycles. The van der Waals surface area contributed by atoms with Gasteiger partial charge in [0.05, 0.1) is 11.1 Å². The molecule has 0 unspecified atom stereocenters. The van der Waals surface area contributed by atoms with E-state index in [4.69, 9.17) is 4.42 Å². The number of likely N-dealkylation sites (N-methyl/N-ethyl adjacent to an activating group) is 1. The second kappa shape index (κ2) is 5.31. The van der Waals surface area contributed by atoms with E-state index in [-0.39, 0.29) is 11.2 Å². The quantitative estimate of drug-likeness (QED) is 0.616. The van der Waals surface area contributed by atoms with Gasteiger partial charge < -0.3 is 9.32 Å². The Bertz CT molecular complexity index is 1060. The molecule has 3 aromatic rings. The highest BCUT2D eigenvalue weighted by Crippen LogP contribution is 2.40. The molecule has 1 aromatic carbocycles. The largest absolute Gasteiger partial charge is 0.422 e. The van der Waals surface area contributed by atoms with Gasteiger partial charge in [0, 0.05) is 42.1 Å². The normalized spacial score (nSPS) is 15.8. The summed E-state index contributed by atoms with van der Waals surface area (Å²) in [5, 5.41) is 0.922. The van der Waals surface area contributed by atoms with E-state index in [1.165, 1.54) is 11.1 Å². The Balaban J connectivity index is 1.97. The molecule has 0 spiro atoms. The third kappa shape index (κ3) is 2.45. The van der Waals surface area contributed by atoms with Crippen molar-refractivity contribution < 1.29 is 4.42 Å². The molecule has 0 fully saturated rings. The van der Waals surface area contributed by atoms with E-state index in [1.54, 1.807) is 12.4 Å². The molecule has 126 valence electrons. The van der Waals surface area contributed by atoms with Gasteiger partial charge in [-0.25, -0.2) is 4.79 Å². The number of benzene rings is 1. The maximum Gasteiger partial charge on any atom is 0.344 e. The van der Waals surface area contributed by atoms with Gasteiger partial charge in [-0.3, -0.25) is 4.98 Å². The number of nitrogens with zero attached hydrogens (tertiary/aromatic N) is 2. The summed E-state index contributed by atoms with van der Waals surface area (Å²) in [6.07, 6.45) is 5.62. The van der Waals surface area contributed by atoms with Crippen molar-refractivity contribution in [1.29, 1.82) is 0 Å². The fourth-order valence-electron chi connectivity index (χ4n) is 3.50. The van der Waals surface area contributed by atoms with Crippen LogP contribution in [-0.2, 0) is 0 Å². The molecule has 25 heavy (non-hydrogen) atoms. The molecule has 2 aromatic heterocycles. The van der Waals surface area contributed by atoms with Crippen LogP contribution in [0.1, 0.15) is 26.3 Å². The first-order valence-electron chi connectivity index (χ1n) is 8.33. The zero-order chi connectivity index (χ0) is 17.8. The van der Waals surface area contributed by atoms with Gasteiger partial charge in [0.25, 0.3) is 0 Å². The van der Waals surface area contributed by atoms with Crippen LogP contribution in [0.25, 0.3) is 27.7 Å². The van der Waals surface area contributed by atoms with Gasteiger partial charge in [-0.05, 0) is 56.2 Å². The number of pyridine rings is 1. The van der Waals surface area contributed by atoms with Crippen LogP contribution in [0.15, 0.2) is 58.0 Å². The predicted molar refractivity (Wildman–Crippen MR) is 102 cm³/mol. The van der Waals surface area contributed by atoms with Gasteiger partial charge in [-0.15, -0.1) is 0 Å². The number of fused-ring (bicyclic) bond motifs is 2. The molecule has 1 aliphatic rings. The van der Waals surface area contributed by atoms with Crippen molar-refractivity contribution in [2.75, 3.05) is 11.9 Å². The second-order valence-electron chi connectivity index (χ2n) is 7.13. The molecule has 4 nitrogen and oxygen atoms in total. The van der Waals surface area contributed by atoms with Crippen LogP contribution in [-0.4, -0.2) is 17.6 Å². The number of aromatic nitrogens is 1. The molecule has 0 saturated carbocycles. The van der Waals surface area contributed by atoms with Gasteiger partial charge in [0.2, 0.25) is 0 Å². The van der Waals surface area contributed by atoms with Crippen LogP contribution in [0.2, 0.25) is 0 Å². The molecular weight excluding hydrogens is 312 g/mol. The number of rotatable bonds is 1. The third-order valence-electron chi connectivity index (χ3n) is 5.06. The lowest BCUT2D eigenvalue weighted by Gasteiger charge is -2.40. The Morgan fingerprint density at radius 3 is 2.48 bits per heavy atom. The third-order valence-corrected chi connectivity index (χ3v) is 5.06. The average Bonchev–Trinajstić information content (AvgIpc) is 2.58. The topological polar surface area (TPSA) is 46.3 Å². The van der Waals surface area contributed by atoms with Crippen molar-refractivity contribution in [2.24, 2.45) is 0 Å². The molecule has 0 radical (unpaired) electrons. The van der Waals surface area contributed by atoms with Crippen molar-refractivity contribution in [2.45, 2.75) is 26.3 Å². The highest BCUT2D eigenvalue weighted by molar-refractivity contribution is 5.92. The molecule has 3 heterocycles. The summed E-state index contributed by atoms with van der Waals surface area (Å²) in [5.41, 5.74) is 5.05. The number of hydrogen-bond acceptors (Lipinski definition) is 4. The van der Waals surface area contributed by atoms with Crippen LogP contribution in [0, 0.1) is 0 Å². The maximum absolute atomic E-state index is 12.5. The Labute approximate surface area is 146 Å². The van der Waals surface area contributed by atoms with Crippen molar-refractivity contribution >= 4 is 22.2 Å². The van der Waals surface area contributed by atoms with E-state index in [2.05, 4.69) is 49.8 Å². The van der Waals surface area contributed by atoms with Gasteiger partial charge in [-0.2, -0.15) is 0 Å². The summed E-state index contributed by atoms with van der Waals surface area (Å²) in [5.74, 6) is 0. The number of allylic oxidation sites excluding steroid dienone is 1. The lowest BCUT2D eigenvalue weighted by molar-refractivity contribution is 0.561. The molecule has 4 rings (SSSR count). The molecule has 0 bridgehead atoms. The van der Waals surface area contributed by atoms with Crippen molar-refractivity contribution in [3.63, 3.8) is 0 Å². The minimum absolute atomic E-state index is 0.0813. The Morgan fingerprint density at radius 2 is 1.76 bits per heavy atom. The monoisotopic (exact) mass is 332 g/mol. The average molecular weight is 332 g/mol. The summed E-state index contributed by atoms with van der Waals surface area (Å²) in [6.45, 7) is 6.47. The lowest BCUT2D eigenvalue weighted by Crippen LogP contribution is -2.42. The number of hydrogen-bond donors (Lipinski definition) is 0. The summed E-state index contributed by atoms with van der Waals surface area (Å²) < 4.78 is 5.64. The maximum atomic E-state index is 12.5. The summed E-state index contributed by atoms with van der Waals surface area (Å²) in [7, 11) is 2.07. The first-order valence-corrected chi connectivity index (χ1v) is 8.33. The van der Waals surface area contributed by atoms with E-state index in [0.29, 0.717) is 11.1 Å². The molecular formula is C21H20N2O2. The minimum Gasteiger partial charge on any atom is -0.422 e. The summed E-state index contributed by atoms with van der Waals surface area (Å²) in [4.78, 5) is 18.7. The molecule has 4 heteroatoms. The van der Waals surface area contributed by atoms with Crippen LogP contribution >= 0.6 is 0 Å². The SMILES string of the molecule is CC1=CC(C)(C)N(C)c2cc3oc(=O)c(-c4ccncc4)cc3cc21. The fraction of sp³-hybridized carbons (Fsp3) is 0.238. The Hall–Kier alpha value is -2.88. The van der Waals surface area contributed by atoms with Gasteiger partial charge in [0.1, 0.15) is 5.58 Å². The van der Waals surface area contributed by atoms with E-state index < -0.39 is 0 Å². The van der Waals surface area contributed by atoms with Crippen molar-refractivity contribution in [3.05, 3.63) is 64.8 Å². The van der Waals surface area contributed by atoms with Gasteiger partial charge in [-0.1, -0.05) is 6.08 Å². The van der Waals surface area contributed by atoms with E-state index in [1.807, 2.05) is 24.3 Å². The highest BCUT2D eigenvalue weighted by Gasteiger charge is 2.29. The second-order valence-corrected chi connectivity index (χ2v) is 7.13. The lowest BCUT2D eigenvalue weighted by atomic mass is 9.88. The van der Waals surface area contributed by atoms with Crippen molar-refractivity contribution in [3.8, 4) is 11.1 Å². The first-order chi connectivity index (χ1) is 11.9. The van der Waals surface area contributed by atoms with Gasteiger partial charge >= 0.3 is 5.63 Å². The standard InChI is InChI=1S/C21H20N2O2/c1-13-12-21(2,3)23(4)18-11-19-15(9-16(13)18)10-17(20(24)25-19)14-5-7-22-8-6-14/h5-12H,1-4H3. The number of anilines is 1. The fourth-order valence-corrected chi connectivity index (χ4v) is 3.50. The predicted octanol–water partition coefficient (Wildman–Crippen LogP) is 4.49. The van der Waals surface area contributed by atoms with Crippen LogP contribution < -0.4 is 10.5 Å². The minimum atomic E-state index is -0.330. The molecule has 0 amide bonds. The highest BCUT2D eigenvalue weighted by atomic mass is 16.4. The summed E-state index contributed by atoms with van der Waals surface area (Å²) >= 11 is 0. The molecule has 0 atom stereocenters. The van der Waals surface area contributed by atoms with E-state index in [0.717, 1.165) is 16.6 Å². The molecule has 0 aliphatic carbocycles. The van der Waals surface area contributed by atoms with Gasteiger partial charge in [0.15, 0.2) is 0 Å². The zero-order valence-corrected chi connectivity index (χ0v) is 14.8. The first kappa shape index (κ1) is 15.6. The smallest absolute Gasteiger partial charge is 0.344 e. The van der Waals surface area contributed by atoms with Crippen molar-refractivity contribution in [1.82, 2.24) is 4.98 Å². The van der Waals surface area contributed by atoms with Crippen LogP contribution in [0.4, 0.5) is 5.69 Å². The molecule has 0 N–H and O–H groups in total. The van der Waals surface area contributed by atoms with Crippen LogP contribution in [0.3, 0.4) is 0 Å².